The third-order valence-corrected chi connectivity index (χ3v) is 4.73. The molecule has 24 heavy (non-hydrogen) atoms. The van der Waals surface area contributed by atoms with E-state index in [-0.39, 0.29) is 11.9 Å². The first kappa shape index (κ1) is 18.6. The summed E-state index contributed by atoms with van der Waals surface area (Å²) in [6, 6.07) is 7.32. The number of amides is 1. The van der Waals surface area contributed by atoms with Crippen molar-refractivity contribution in [1.29, 1.82) is 0 Å². The lowest BCUT2D eigenvalue weighted by Gasteiger charge is -2.10. The van der Waals surface area contributed by atoms with Gasteiger partial charge in [0.25, 0.3) is 0 Å². The Kier molecular flexibility index (Phi) is 6.93. The predicted molar refractivity (Wildman–Crippen MR) is 95.4 cm³/mol. The van der Waals surface area contributed by atoms with E-state index in [2.05, 4.69) is 15.5 Å². The van der Waals surface area contributed by atoms with Gasteiger partial charge in [0.05, 0.1) is 5.75 Å². The number of nitrogens with zero attached hydrogens (tertiary/aromatic N) is 3. The molecule has 0 aliphatic rings. The molecule has 1 aromatic carbocycles. The summed E-state index contributed by atoms with van der Waals surface area (Å²) in [7, 11) is 1.86. The number of aromatic nitrogens is 3. The SMILES string of the molecule is CCC(C)NC(=O)CSc1nnc(COc2ccc(Cl)cc2)n1C. The Morgan fingerprint density at radius 1 is 1.38 bits per heavy atom. The fraction of sp³-hybridized carbons (Fsp3) is 0.438. The van der Waals surface area contributed by atoms with Crippen molar-refractivity contribution < 1.29 is 9.53 Å². The zero-order valence-electron chi connectivity index (χ0n) is 14.0. The maximum atomic E-state index is 11.8. The van der Waals surface area contributed by atoms with Crippen molar-refractivity contribution in [3.63, 3.8) is 0 Å². The molecule has 0 aliphatic heterocycles. The van der Waals surface area contributed by atoms with Crippen LogP contribution in [0.4, 0.5) is 0 Å². The lowest BCUT2D eigenvalue weighted by atomic mass is 10.3. The second-order valence-corrected chi connectivity index (χ2v) is 6.74. The Morgan fingerprint density at radius 2 is 2.08 bits per heavy atom. The molecule has 1 amide bonds. The third kappa shape index (κ3) is 5.42. The molecule has 8 heteroatoms. The number of hydrogen-bond donors (Lipinski definition) is 1. The monoisotopic (exact) mass is 368 g/mol. The van der Waals surface area contributed by atoms with Crippen LogP contribution in [-0.4, -0.2) is 32.5 Å². The summed E-state index contributed by atoms with van der Waals surface area (Å²) in [6.45, 7) is 4.32. The molecule has 0 aliphatic carbocycles. The summed E-state index contributed by atoms with van der Waals surface area (Å²) < 4.78 is 7.49. The summed E-state index contributed by atoms with van der Waals surface area (Å²) in [6.07, 6.45) is 0.909. The van der Waals surface area contributed by atoms with Gasteiger partial charge in [-0.2, -0.15) is 0 Å². The van der Waals surface area contributed by atoms with Gasteiger partial charge in [-0.05, 0) is 37.6 Å². The molecule has 0 spiro atoms. The first-order valence-electron chi connectivity index (χ1n) is 7.68. The van der Waals surface area contributed by atoms with Crippen molar-refractivity contribution in [2.45, 2.75) is 38.1 Å². The van der Waals surface area contributed by atoms with Gasteiger partial charge in [-0.25, -0.2) is 0 Å². The lowest BCUT2D eigenvalue weighted by molar-refractivity contribution is -0.119. The van der Waals surface area contributed by atoms with Gasteiger partial charge >= 0.3 is 0 Å². The van der Waals surface area contributed by atoms with Crippen LogP contribution in [0.2, 0.25) is 5.02 Å². The number of hydrogen-bond acceptors (Lipinski definition) is 5. The minimum atomic E-state index is -0.00341. The minimum Gasteiger partial charge on any atom is -0.486 e. The molecule has 1 aromatic heterocycles. The molecular weight excluding hydrogens is 348 g/mol. The van der Waals surface area contributed by atoms with E-state index in [1.165, 1.54) is 11.8 Å². The summed E-state index contributed by atoms with van der Waals surface area (Å²) in [4.78, 5) is 11.8. The summed E-state index contributed by atoms with van der Waals surface area (Å²) in [5.74, 6) is 1.71. The number of ether oxygens (including phenoxy) is 1. The largest absolute Gasteiger partial charge is 0.486 e. The summed E-state index contributed by atoms with van der Waals surface area (Å²) >= 11 is 7.20. The number of carbonyl (C=O) groups excluding carboxylic acids is 1. The van der Waals surface area contributed by atoms with Crippen LogP contribution < -0.4 is 10.1 Å². The van der Waals surface area contributed by atoms with E-state index in [0.717, 1.165) is 6.42 Å². The average molecular weight is 369 g/mol. The van der Waals surface area contributed by atoms with Crippen molar-refractivity contribution in [2.75, 3.05) is 5.75 Å². The molecule has 1 heterocycles. The van der Waals surface area contributed by atoms with E-state index >= 15 is 0 Å². The van der Waals surface area contributed by atoms with Crippen LogP contribution in [0.15, 0.2) is 29.4 Å². The molecule has 1 unspecified atom stereocenters. The second kappa shape index (κ2) is 8.94. The quantitative estimate of drug-likeness (QED) is 0.725. The van der Waals surface area contributed by atoms with E-state index in [9.17, 15) is 4.79 Å². The standard InChI is InChI=1S/C16H21ClN4O2S/c1-4-11(2)18-15(22)10-24-16-20-19-14(21(16)3)9-23-13-7-5-12(17)6-8-13/h5-8,11H,4,9-10H2,1-3H3,(H,18,22). The van der Waals surface area contributed by atoms with Gasteiger partial charge < -0.3 is 14.6 Å². The highest BCUT2D eigenvalue weighted by Gasteiger charge is 2.12. The fourth-order valence-corrected chi connectivity index (χ4v) is 2.69. The molecule has 0 saturated carbocycles. The van der Waals surface area contributed by atoms with Gasteiger partial charge in [0.1, 0.15) is 12.4 Å². The molecule has 0 saturated heterocycles. The molecule has 0 bridgehead atoms. The van der Waals surface area contributed by atoms with Gasteiger partial charge in [0, 0.05) is 18.1 Å². The van der Waals surface area contributed by atoms with E-state index < -0.39 is 0 Å². The Labute approximate surface area is 150 Å². The smallest absolute Gasteiger partial charge is 0.230 e. The second-order valence-electron chi connectivity index (χ2n) is 5.37. The number of rotatable bonds is 8. The highest BCUT2D eigenvalue weighted by atomic mass is 35.5. The molecule has 0 fully saturated rings. The van der Waals surface area contributed by atoms with Crippen molar-refractivity contribution in [1.82, 2.24) is 20.1 Å². The summed E-state index contributed by atoms with van der Waals surface area (Å²) in [5.41, 5.74) is 0. The van der Waals surface area contributed by atoms with Crippen LogP contribution in [-0.2, 0) is 18.4 Å². The Morgan fingerprint density at radius 3 is 2.75 bits per heavy atom. The Bertz CT molecular complexity index is 675. The molecule has 0 radical (unpaired) electrons. The maximum Gasteiger partial charge on any atom is 0.230 e. The van der Waals surface area contributed by atoms with Gasteiger partial charge in [0.2, 0.25) is 5.91 Å². The fourth-order valence-electron chi connectivity index (χ4n) is 1.82. The van der Waals surface area contributed by atoms with Gasteiger partial charge in [-0.15, -0.1) is 10.2 Å². The number of halogens is 1. The third-order valence-electron chi connectivity index (χ3n) is 3.46. The molecule has 6 nitrogen and oxygen atoms in total. The van der Waals surface area contributed by atoms with Crippen molar-refractivity contribution in [2.24, 2.45) is 7.05 Å². The molecule has 2 aromatic rings. The molecule has 2 rings (SSSR count). The first-order chi connectivity index (χ1) is 11.5. The van der Waals surface area contributed by atoms with Crippen LogP contribution in [0, 0.1) is 0 Å². The van der Waals surface area contributed by atoms with Gasteiger partial charge in [-0.1, -0.05) is 30.3 Å². The van der Waals surface area contributed by atoms with Crippen LogP contribution in [0.25, 0.3) is 0 Å². The van der Waals surface area contributed by atoms with Gasteiger partial charge in [-0.3, -0.25) is 4.79 Å². The highest BCUT2D eigenvalue weighted by Crippen LogP contribution is 2.18. The molecule has 1 atom stereocenters. The number of carbonyl (C=O) groups is 1. The van der Waals surface area contributed by atoms with E-state index in [1.54, 1.807) is 24.3 Å². The average Bonchev–Trinajstić information content (AvgIpc) is 2.92. The zero-order valence-corrected chi connectivity index (χ0v) is 15.5. The van der Waals surface area contributed by atoms with Crippen LogP contribution in [0.1, 0.15) is 26.1 Å². The first-order valence-corrected chi connectivity index (χ1v) is 9.04. The van der Waals surface area contributed by atoms with E-state index in [0.29, 0.717) is 34.1 Å². The van der Waals surface area contributed by atoms with Crippen LogP contribution >= 0.6 is 23.4 Å². The van der Waals surface area contributed by atoms with E-state index in [4.69, 9.17) is 16.3 Å². The van der Waals surface area contributed by atoms with Crippen LogP contribution in [0.3, 0.4) is 0 Å². The molecular formula is C16H21ClN4O2S. The number of thioether (sulfide) groups is 1. The van der Waals surface area contributed by atoms with Crippen molar-refractivity contribution >= 4 is 29.3 Å². The number of benzene rings is 1. The van der Waals surface area contributed by atoms with Gasteiger partial charge in [0.15, 0.2) is 11.0 Å². The van der Waals surface area contributed by atoms with Crippen LogP contribution in [0.5, 0.6) is 5.75 Å². The zero-order chi connectivity index (χ0) is 17.5. The summed E-state index contributed by atoms with van der Waals surface area (Å²) in [5, 5.41) is 12.5. The maximum absolute atomic E-state index is 11.8. The Balaban J connectivity index is 1.86. The topological polar surface area (TPSA) is 69.0 Å². The normalized spacial score (nSPS) is 12.0. The van der Waals surface area contributed by atoms with E-state index in [1.807, 2.05) is 25.5 Å². The Hall–Kier alpha value is -1.73. The number of nitrogens with one attached hydrogen (secondary N) is 1. The molecule has 1 N–H and O–H groups in total. The predicted octanol–water partition coefficient (Wildman–Crippen LogP) is 3.05. The van der Waals surface area contributed by atoms with Crippen molar-refractivity contribution in [3.05, 3.63) is 35.1 Å². The highest BCUT2D eigenvalue weighted by molar-refractivity contribution is 7.99. The van der Waals surface area contributed by atoms with Crippen molar-refractivity contribution in [3.8, 4) is 5.75 Å². The minimum absolute atomic E-state index is 0.00341. The molecule has 130 valence electrons. The lowest BCUT2D eigenvalue weighted by Crippen LogP contribution is -2.33.